The molecule has 0 aliphatic carbocycles. The minimum atomic E-state index is -3.55. The third-order valence-corrected chi connectivity index (χ3v) is 1.91. The molecule has 0 bridgehead atoms. The maximum Gasteiger partial charge on any atom is 0.290 e. The molecule has 0 amide bonds. The average Bonchev–Trinajstić information content (AvgIpc) is 2.15. The van der Waals surface area contributed by atoms with Crippen molar-refractivity contribution in [3.8, 4) is 0 Å². The summed E-state index contributed by atoms with van der Waals surface area (Å²) < 4.78 is 25.5. The van der Waals surface area contributed by atoms with Crippen LogP contribution in [-0.2, 0) is 25.8 Å². The van der Waals surface area contributed by atoms with Crippen LogP contribution in [0, 0.1) is 6.10 Å². The van der Waals surface area contributed by atoms with Gasteiger partial charge in [0.05, 0.1) is 6.26 Å². The smallest absolute Gasteiger partial charge is 0.210 e. The Labute approximate surface area is 89.9 Å². The van der Waals surface area contributed by atoms with Gasteiger partial charge in [0, 0.05) is 6.42 Å². The monoisotopic (exact) mass is 229 g/mol. The largest absolute Gasteiger partial charge is 0.290 e. The summed E-state index contributed by atoms with van der Waals surface area (Å²) in [6.45, 7) is 1.66. The van der Waals surface area contributed by atoms with E-state index in [0.717, 1.165) is 11.8 Å². The molecule has 1 aromatic carbocycles. The molecule has 0 saturated heterocycles. The maximum atomic E-state index is 10.6. The van der Waals surface area contributed by atoms with Crippen LogP contribution in [-0.4, -0.2) is 14.7 Å². The third-order valence-electron chi connectivity index (χ3n) is 1.60. The molecule has 0 unspecified atom stereocenters. The molecule has 0 spiro atoms. The highest BCUT2D eigenvalue weighted by atomic mass is 32.2. The molecular weight excluding hydrogens is 216 g/mol. The van der Waals surface area contributed by atoms with E-state index in [4.69, 9.17) is 0 Å². The third kappa shape index (κ3) is 5.51. The summed E-state index contributed by atoms with van der Waals surface area (Å²) in [6.07, 6.45) is 1.95. The van der Waals surface area contributed by atoms with Gasteiger partial charge in [0.1, 0.15) is 6.10 Å². The van der Waals surface area contributed by atoms with Crippen molar-refractivity contribution in [2.75, 3.05) is 6.26 Å². The van der Waals surface area contributed by atoms with E-state index in [-0.39, 0.29) is 0 Å². The lowest BCUT2D eigenvalue weighted by atomic mass is 10.1. The van der Waals surface area contributed by atoms with Gasteiger partial charge in [0.25, 0.3) is 10.1 Å². The van der Waals surface area contributed by atoms with E-state index >= 15 is 0 Å². The molecule has 0 N–H and O–H groups in total. The van der Waals surface area contributed by atoms with Crippen LogP contribution >= 0.6 is 0 Å². The van der Waals surface area contributed by atoms with Crippen molar-refractivity contribution < 1.29 is 17.6 Å². The van der Waals surface area contributed by atoms with Gasteiger partial charge >= 0.3 is 0 Å². The summed E-state index contributed by atoms with van der Waals surface area (Å²) in [4.78, 5) is 4.64. The molecule has 0 atom stereocenters. The molecule has 4 nitrogen and oxygen atoms in total. The Balaban J connectivity index is 2.40. The van der Waals surface area contributed by atoms with E-state index in [0.29, 0.717) is 12.5 Å². The molecule has 0 heterocycles. The molecule has 0 aromatic heterocycles. The van der Waals surface area contributed by atoms with Crippen LogP contribution in [0.25, 0.3) is 0 Å². The molecule has 0 fully saturated rings. The summed E-state index contributed by atoms with van der Waals surface area (Å²) in [5, 5.41) is 0. The molecule has 0 aliphatic rings. The highest BCUT2D eigenvalue weighted by molar-refractivity contribution is 7.85. The lowest BCUT2D eigenvalue weighted by Gasteiger charge is -2.08. The maximum absolute atomic E-state index is 10.6. The summed E-state index contributed by atoms with van der Waals surface area (Å²) in [5.74, 6) is 0. The average molecular weight is 229 g/mol. The second-order valence-electron chi connectivity index (χ2n) is 3.22. The molecule has 1 rings (SSSR count). The normalized spacial score (nSPS) is 11.9. The number of hydrogen-bond donors (Lipinski definition) is 0. The Hall–Kier alpha value is -0.910. The van der Waals surface area contributed by atoms with E-state index < -0.39 is 10.1 Å². The van der Waals surface area contributed by atoms with Crippen LogP contribution < -0.4 is 0 Å². The van der Waals surface area contributed by atoms with Crippen LogP contribution in [0.1, 0.15) is 12.5 Å². The highest BCUT2D eigenvalue weighted by Crippen LogP contribution is 2.12. The first-order chi connectivity index (χ1) is 6.97. The zero-order valence-electron chi connectivity index (χ0n) is 8.64. The van der Waals surface area contributed by atoms with Gasteiger partial charge in [-0.1, -0.05) is 30.3 Å². The van der Waals surface area contributed by atoms with Gasteiger partial charge in [0.15, 0.2) is 0 Å². The van der Waals surface area contributed by atoms with Crippen molar-refractivity contribution >= 4 is 10.1 Å². The Morgan fingerprint density at radius 1 is 1.27 bits per heavy atom. The predicted molar refractivity (Wildman–Crippen MR) is 56.1 cm³/mol. The zero-order chi connectivity index (χ0) is 11.3. The molecule has 0 saturated carbocycles. The SMILES string of the molecule is C[C](Cc1ccccc1)OOS(C)(=O)=O. The minimum absolute atomic E-state index is 0.492. The van der Waals surface area contributed by atoms with E-state index in [1.807, 2.05) is 30.3 Å². The van der Waals surface area contributed by atoms with Crippen LogP contribution in [0.15, 0.2) is 30.3 Å². The highest BCUT2D eigenvalue weighted by Gasteiger charge is 2.10. The van der Waals surface area contributed by atoms with Crippen molar-refractivity contribution in [2.24, 2.45) is 0 Å². The second kappa shape index (κ2) is 5.25. The lowest BCUT2D eigenvalue weighted by molar-refractivity contribution is -0.190. The summed E-state index contributed by atoms with van der Waals surface area (Å²) in [7, 11) is -3.55. The van der Waals surface area contributed by atoms with Crippen molar-refractivity contribution in [3.05, 3.63) is 42.0 Å². The Morgan fingerprint density at radius 2 is 1.87 bits per heavy atom. The van der Waals surface area contributed by atoms with Gasteiger partial charge in [-0.3, -0.25) is 0 Å². The molecular formula is C10H13O4S. The van der Waals surface area contributed by atoms with Gasteiger partial charge in [-0.15, -0.1) is 4.33 Å². The molecule has 83 valence electrons. The van der Waals surface area contributed by atoms with Crippen molar-refractivity contribution in [1.82, 2.24) is 0 Å². The Kier molecular flexibility index (Phi) is 4.26. The van der Waals surface area contributed by atoms with E-state index in [2.05, 4.69) is 9.22 Å². The summed E-state index contributed by atoms with van der Waals surface area (Å²) in [5.41, 5.74) is 1.03. The van der Waals surface area contributed by atoms with Gasteiger partial charge in [-0.05, 0) is 12.5 Å². The number of hydrogen-bond acceptors (Lipinski definition) is 4. The van der Waals surface area contributed by atoms with Crippen LogP contribution in [0.3, 0.4) is 0 Å². The first kappa shape index (κ1) is 12.2. The zero-order valence-corrected chi connectivity index (χ0v) is 9.45. The summed E-state index contributed by atoms with van der Waals surface area (Å²) in [6, 6.07) is 9.56. The lowest BCUT2D eigenvalue weighted by Crippen LogP contribution is -2.08. The van der Waals surface area contributed by atoms with Crippen molar-refractivity contribution in [1.29, 1.82) is 0 Å². The molecule has 1 radical (unpaired) electrons. The summed E-state index contributed by atoms with van der Waals surface area (Å²) >= 11 is 0. The van der Waals surface area contributed by atoms with E-state index in [9.17, 15) is 8.42 Å². The fourth-order valence-electron chi connectivity index (χ4n) is 1.03. The number of rotatable bonds is 5. The fourth-order valence-corrected chi connectivity index (χ4v) is 1.27. The molecule has 5 heteroatoms. The Morgan fingerprint density at radius 3 is 2.40 bits per heavy atom. The number of benzene rings is 1. The van der Waals surface area contributed by atoms with Gasteiger partial charge in [-0.2, -0.15) is 8.42 Å². The van der Waals surface area contributed by atoms with Crippen molar-refractivity contribution in [3.63, 3.8) is 0 Å². The predicted octanol–water partition coefficient (Wildman–Crippen LogP) is 1.69. The Bertz CT molecular complexity index is 385. The van der Waals surface area contributed by atoms with Gasteiger partial charge < -0.3 is 0 Å². The molecule has 1 aromatic rings. The van der Waals surface area contributed by atoms with Gasteiger partial charge in [0.2, 0.25) is 0 Å². The standard InChI is InChI=1S/C10H13O4S/c1-9(13-14-15(2,11)12)8-10-6-4-3-5-7-10/h3-7H,8H2,1-2H3. The first-order valence-electron chi connectivity index (χ1n) is 4.40. The topological polar surface area (TPSA) is 52.6 Å². The molecule has 0 aliphatic heterocycles. The second-order valence-corrected chi connectivity index (χ2v) is 4.76. The fraction of sp³-hybridized carbons (Fsp3) is 0.300. The van der Waals surface area contributed by atoms with Gasteiger partial charge in [-0.25, -0.2) is 4.89 Å². The van der Waals surface area contributed by atoms with Crippen LogP contribution in [0.5, 0.6) is 0 Å². The van der Waals surface area contributed by atoms with Crippen molar-refractivity contribution in [2.45, 2.75) is 13.3 Å². The first-order valence-corrected chi connectivity index (χ1v) is 6.21. The van der Waals surface area contributed by atoms with E-state index in [1.165, 1.54) is 0 Å². The molecule has 15 heavy (non-hydrogen) atoms. The minimum Gasteiger partial charge on any atom is -0.210 e. The quantitative estimate of drug-likeness (QED) is 0.569. The van der Waals surface area contributed by atoms with Crippen LogP contribution in [0.2, 0.25) is 0 Å². The van der Waals surface area contributed by atoms with Crippen LogP contribution in [0.4, 0.5) is 0 Å². The van der Waals surface area contributed by atoms with E-state index in [1.54, 1.807) is 6.92 Å².